The molecule has 6 nitrogen and oxygen atoms in total. The third kappa shape index (κ3) is 4.48. The highest BCUT2D eigenvalue weighted by Crippen LogP contribution is 2.42. The monoisotopic (exact) mass is 324 g/mol. The molecule has 2 rings (SSSR count). The molecule has 0 spiro atoms. The van der Waals surface area contributed by atoms with Crippen LogP contribution in [0.4, 0.5) is 4.79 Å². The summed E-state index contributed by atoms with van der Waals surface area (Å²) in [6.45, 7) is 6.72. The van der Waals surface area contributed by atoms with Crippen molar-refractivity contribution in [2.24, 2.45) is 5.41 Å². The first-order chi connectivity index (χ1) is 10.7. The van der Waals surface area contributed by atoms with Crippen molar-refractivity contribution in [2.75, 3.05) is 27.3 Å². The summed E-state index contributed by atoms with van der Waals surface area (Å²) < 4.78 is 10.7. The number of aryl methyl sites for hydroxylation is 1. The normalized spacial score (nSPS) is 20.7. The van der Waals surface area contributed by atoms with Crippen LogP contribution >= 0.6 is 0 Å². The average molecular weight is 324 g/mol. The van der Waals surface area contributed by atoms with Crippen LogP contribution in [0.3, 0.4) is 0 Å². The van der Waals surface area contributed by atoms with Crippen LogP contribution in [0.2, 0.25) is 0 Å². The van der Waals surface area contributed by atoms with Crippen LogP contribution in [-0.2, 0) is 11.2 Å². The summed E-state index contributed by atoms with van der Waals surface area (Å²) in [6, 6.07) is 1.74. The van der Waals surface area contributed by atoms with Gasteiger partial charge in [-0.3, -0.25) is 0 Å². The molecule has 1 aliphatic rings. The standard InChI is InChI=1S/C17H28N2O4/c1-11-6-13-14(7-17(2,3)8-15(13)23-11)18-16(21)19(4)9-12(20)10-22-5/h6,12,14,20H,7-10H2,1-5H3,(H,18,21)/t12-,14+/m0/s1. The van der Waals surface area contributed by atoms with E-state index in [-0.39, 0.29) is 30.6 Å². The van der Waals surface area contributed by atoms with E-state index in [0.29, 0.717) is 0 Å². The van der Waals surface area contributed by atoms with E-state index in [2.05, 4.69) is 19.2 Å². The third-order valence-electron chi connectivity index (χ3n) is 4.22. The molecule has 2 atom stereocenters. The first-order valence-corrected chi connectivity index (χ1v) is 7.99. The predicted molar refractivity (Wildman–Crippen MR) is 87.3 cm³/mol. The maximum atomic E-state index is 12.4. The van der Waals surface area contributed by atoms with Crippen LogP contribution < -0.4 is 5.32 Å². The number of hydrogen-bond donors (Lipinski definition) is 2. The van der Waals surface area contributed by atoms with Crippen LogP contribution in [0.5, 0.6) is 0 Å². The van der Waals surface area contributed by atoms with E-state index in [1.54, 1.807) is 7.05 Å². The molecule has 1 aromatic rings. The Labute approximate surface area is 137 Å². The molecular formula is C17H28N2O4. The molecule has 130 valence electrons. The predicted octanol–water partition coefficient (Wildman–Crippen LogP) is 2.25. The lowest BCUT2D eigenvalue weighted by Gasteiger charge is -2.35. The molecule has 0 radical (unpaired) electrons. The number of carbonyl (C=O) groups is 1. The third-order valence-corrected chi connectivity index (χ3v) is 4.22. The zero-order valence-corrected chi connectivity index (χ0v) is 14.7. The van der Waals surface area contributed by atoms with Gasteiger partial charge in [0.15, 0.2) is 0 Å². The average Bonchev–Trinajstić information content (AvgIpc) is 2.77. The Kier molecular flexibility index (Phi) is 5.37. The van der Waals surface area contributed by atoms with Crippen molar-refractivity contribution in [1.29, 1.82) is 0 Å². The fraction of sp³-hybridized carbons (Fsp3) is 0.706. The summed E-state index contributed by atoms with van der Waals surface area (Å²) in [5, 5.41) is 12.8. The molecule has 0 aliphatic heterocycles. The molecule has 0 aromatic carbocycles. The molecule has 2 amide bonds. The second-order valence-electron chi connectivity index (χ2n) is 7.27. The smallest absolute Gasteiger partial charge is 0.317 e. The summed E-state index contributed by atoms with van der Waals surface area (Å²) in [5.41, 5.74) is 1.14. The molecular weight excluding hydrogens is 296 g/mol. The number of rotatable bonds is 5. The summed E-state index contributed by atoms with van der Waals surface area (Å²) in [6.07, 6.45) is 1.05. The van der Waals surface area contributed by atoms with Crippen LogP contribution in [0.15, 0.2) is 10.5 Å². The van der Waals surface area contributed by atoms with Gasteiger partial charge < -0.3 is 24.5 Å². The summed E-state index contributed by atoms with van der Waals surface area (Å²) >= 11 is 0. The van der Waals surface area contributed by atoms with E-state index in [1.807, 2.05) is 13.0 Å². The van der Waals surface area contributed by atoms with Gasteiger partial charge >= 0.3 is 6.03 Å². The quantitative estimate of drug-likeness (QED) is 0.871. The largest absolute Gasteiger partial charge is 0.466 e. The van der Waals surface area contributed by atoms with E-state index in [4.69, 9.17) is 9.15 Å². The van der Waals surface area contributed by atoms with E-state index in [9.17, 15) is 9.90 Å². The lowest BCUT2D eigenvalue weighted by molar-refractivity contribution is 0.0485. The van der Waals surface area contributed by atoms with E-state index < -0.39 is 6.10 Å². The van der Waals surface area contributed by atoms with Crippen molar-refractivity contribution in [3.63, 3.8) is 0 Å². The SMILES string of the molecule is COC[C@@H](O)CN(C)C(=O)N[C@@H]1CC(C)(C)Cc2oc(C)cc21. The maximum absolute atomic E-state index is 12.4. The number of methoxy groups -OCH3 is 1. The van der Waals surface area contributed by atoms with Crippen LogP contribution in [0.25, 0.3) is 0 Å². The van der Waals surface area contributed by atoms with Crippen LogP contribution in [0.1, 0.15) is 43.4 Å². The number of amides is 2. The topological polar surface area (TPSA) is 74.9 Å². The van der Waals surface area contributed by atoms with Crippen molar-refractivity contribution in [1.82, 2.24) is 10.2 Å². The second kappa shape index (κ2) is 6.93. The molecule has 6 heteroatoms. The zero-order chi connectivity index (χ0) is 17.2. The Morgan fingerprint density at radius 3 is 2.96 bits per heavy atom. The van der Waals surface area contributed by atoms with Gasteiger partial charge in [0, 0.05) is 26.1 Å². The Hall–Kier alpha value is -1.53. The maximum Gasteiger partial charge on any atom is 0.317 e. The molecule has 0 saturated carbocycles. The lowest BCUT2D eigenvalue weighted by atomic mass is 9.75. The van der Waals surface area contributed by atoms with Crippen molar-refractivity contribution in [2.45, 2.75) is 45.8 Å². The van der Waals surface area contributed by atoms with Gasteiger partial charge in [0.25, 0.3) is 0 Å². The number of hydrogen-bond acceptors (Lipinski definition) is 4. The Bertz CT molecular complexity index is 553. The molecule has 1 aliphatic carbocycles. The minimum Gasteiger partial charge on any atom is -0.466 e. The Balaban J connectivity index is 2.05. The molecule has 0 unspecified atom stereocenters. The van der Waals surface area contributed by atoms with Gasteiger partial charge in [-0.05, 0) is 24.8 Å². The number of furan rings is 1. The highest BCUT2D eigenvalue weighted by atomic mass is 16.5. The minimum absolute atomic E-state index is 0.0688. The molecule has 0 saturated heterocycles. The first-order valence-electron chi connectivity index (χ1n) is 7.99. The van der Waals surface area contributed by atoms with Gasteiger partial charge in [-0.25, -0.2) is 4.79 Å². The molecule has 0 fully saturated rings. The van der Waals surface area contributed by atoms with Gasteiger partial charge in [-0.1, -0.05) is 13.8 Å². The number of nitrogens with one attached hydrogen (secondary N) is 1. The van der Waals surface area contributed by atoms with Crippen molar-refractivity contribution < 1.29 is 19.1 Å². The van der Waals surface area contributed by atoms with E-state index >= 15 is 0 Å². The number of nitrogens with zero attached hydrogens (tertiary/aromatic N) is 1. The van der Waals surface area contributed by atoms with E-state index in [0.717, 1.165) is 29.9 Å². The summed E-state index contributed by atoms with van der Waals surface area (Å²) in [7, 11) is 3.19. The number of aliphatic hydroxyl groups excluding tert-OH is 1. The van der Waals surface area contributed by atoms with E-state index in [1.165, 1.54) is 12.0 Å². The number of ether oxygens (including phenoxy) is 1. The van der Waals surface area contributed by atoms with Crippen molar-refractivity contribution >= 4 is 6.03 Å². The second-order valence-corrected chi connectivity index (χ2v) is 7.27. The fourth-order valence-electron chi connectivity index (χ4n) is 3.22. The number of fused-ring (bicyclic) bond motifs is 1. The molecule has 1 aromatic heterocycles. The molecule has 23 heavy (non-hydrogen) atoms. The van der Waals surface area contributed by atoms with Crippen LogP contribution in [-0.4, -0.2) is 49.5 Å². The van der Waals surface area contributed by atoms with Gasteiger partial charge in [0.2, 0.25) is 0 Å². The van der Waals surface area contributed by atoms with Crippen molar-refractivity contribution in [3.05, 3.63) is 23.2 Å². The molecule has 2 N–H and O–H groups in total. The van der Waals surface area contributed by atoms with Gasteiger partial charge in [-0.2, -0.15) is 0 Å². The van der Waals surface area contributed by atoms with Crippen molar-refractivity contribution in [3.8, 4) is 0 Å². The number of carbonyl (C=O) groups excluding carboxylic acids is 1. The van der Waals surface area contributed by atoms with Crippen LogP contribution in [0, 0.1) is 12.3 Å². The number of likely N-dealkylation sites (N-methyl/N-ethyl adjacent to an activating group) is 1. The first kappa shape index (κ1) is 17.8. The molecule has 1 heterocycles. The summed E-state index contributed by atoms with van der Waals surface area (Å²) in [4.78, 5) is 13.9. The number of urea groups is 1. The fourth-order valence-corrected chi connectivity index (χ4v) is 3.22. The van der Waals surface area contributed by atoms with Gasteiger partial charge in [0.1, 0.15) is 11.5 Å². The molecule has 0 bridgehead atoms. The zero-order valence-electron chi connectivity index (χ0n) is 14.7. The Morgan fingerprint density at radius 2 is 2.30 bits per heavy atom. The van der Waals surface area contributed by atoms with Gasteiger partial charge in [0.05, 0.1) is 25.3 Å². The summed E-state index contributed by atoms with van der Waals surface area (Å²) in [5.74, 6) is 1.84. The highest BCUT2D eigenvalue weighted by Gasteiger charge is 2.36. The number of aliphatic hydroxyl groups is 1. The Morgan fingerprint density at radius 1 is 1.61 bits per heavy atom. The minimum atomic E-state index is -0.690. The highest BCUT2D eigenvalue weighted by molar-refractivity contribution is 5.74. The van der Waals surface area contributed by atoms with Gasteiger partial charge in [-0.15, -0.1) is 0 Å². The lowest BCUT2D eigenvalue weighted by Crippen LogP contribution is -2.45.